The Morgan fingerprint density at radius 3 is 2.41 bits per heavy atom. The molecule has 1 aromatic heterocycles. The van der Waals surface area contributed by atoms with E-state index < -0.39 is 37.3 Å². The van der Waals surface area contributed by atoms with Gasteiger partial charge in [-0.05, 0) is 54.6 Å². The van der Waals surface area contributed by atoms with Gasteiger partial charge in [-0.3, -0.25) is 4.79 Å². The van der Waals surface area contributed by atoms with Gasteiger partial charge in [0.25, 0.3) is 0 Å². The van der Waals surface area contributed by atoms with E-state index in [4.69, 9.17) is 21.1 Å². The minimum atomic E-state index is -1.58. The number of hydrogen-bond acceptors (Lipinski definition) is 8. The van der Waals surface area contributed by atoms with E-state index in [0.717, 1.165) is 5.69 Å². The van der Waals surface area contributed by atoms with E-state index in [9.17, 15) is 25.2 Å². The van der Waals surface area contributed by atoms with E-state index >= 15 is 0 Å². The Morgan fingerprint density at radius 2 is 1.72 bits per heavy atom. The molecule has 0 bridgehead atoms. The monoisotopic (exact) mass is 552 g/mol. The van der Waals surface area contributed by atoms with Crippen molar-refractivity contribution < 1.29 is 34.7 Å². The van der Waals surface area contributed by atoms with E-state index in [-0.39, 0.29) is 11.5 Å². The van der Waals surface area contributed by atoms with Gasteiger partial charge in [0.15, 0.2) is 5.78 Å². The normalized spacial score (nSPS) is 23.1. The minimum absolute atomic E-state index is 0.170. The molecule has 9 nitrogen and oxygen atoms in total. The summed E-state index contributed by atoms with van der Waals surface area (Å²) in [5.41, 5.74) is 3.16. The number of ketones is 1. The Kier molecular flexibility index (Phi) is 7.64. The Balaban J connectivity index is 1.56. The SMILES string of the molecule is CN(C)c1ccc(C(=O)c2ccccc2-n2cc(O[C@@H]3O[C@H](CO)[C@H](O)[C@H](O)[C@H]3O)c3ccc(Cl)cc32)cc1. The zero-order valence-electron chi connectivity index (χ0n) is 21.3. The largest absolute Gasteiger partial charge is 0.460 e. The van der Waals surface area contributed by atoms with Gasteiger partial charge in [0, 0.05) is 41.3 Å². The second-order valence-electron chi connectivity index (χ2n) is 9.63. The number of aliphatic hydroxyl groups excluding tert-OH is 4. The van der Waals surface area contributed by atoms with Gasteiger partial charge in [-0.1, -0.05) is 23.7 Å². The number of benzene rings is 3. The van der Waals surface area contributed by atoms with Crippen molar-refractivity contribution in [3.8, 4) is 11.4 Å². The van der Waals surface area contributed by atoms with Crippen LogP contribution in [0.5, 0.6) is 5.75 Å². The molecule has 0 unspecified atom stereocenters. The molecule has 4 N–H and O–H groups in total. The summed E-state index contributed by atoms with van der Waals surface area (Å²) in [6.07, 6.45) is -5.51. The third-order valence-electron chi connectivity index (χ3n) is 6.88. The maximum absolute atomic E-state index is 13.6. The number of halogens is 1. The molecule has 0 spiro atoms. The molecule has 1 aliphatic rings. The molecule has 204 valence electrons. The Labute approximate surface area is 230 Å². The van der Waals surface area contributed by atoms with Gasteiger partial charge >= 0.3 is 0 Å². The first kappa shape index (κ1) is 27.1. The number of fused-ring (bicyclic) bond motifs is 1. The van der Waals surface area contributed by atoms with Crippen LogP contribution in [0.4, 0.5) is 5.69 Å². The zero-order chi connectivity index (χ0) is 27.8. The average molecular weight is 553 g/mol. The van der Waals surface area contributed by atoms with Crippen LogP contribution in [-0.2, 0) is 4.74 Å². The Hall–Kier alpha value is -3.44. The third kappa shape index (κ3) is 5.12. The van der Waals surface area contributed by atoms with Crippen molar-refractivity contribution in [3.63, 3.8) is 0 Å². The Bertz CT molecular complexity index is 1490. The summed E-state index contributed by atoms with van der Waals surface area (Å²) in [6, 6.07) is 19.6. The first-order valence-corrected chi connectivity index (χ1v) is 12.8. The smallest absolute Gasteiger partial charge is 0.229 e. The molecular weight excluding hydrogens is 524 g/mol. The van der Waals surface area contributed by atoms with Gasteiger partial charge in [0.2, 0.25) is 6.29 Å². The number of anilines is 1. The van der Waals surface area contributed by atoms with Crippen molar-refractivity contribution in [1.82, 2.24) is 4.57 Å². The van der Waals surface area contributed by atoms with Crippen LogP contribution in [0.15, 0.2) is 72.9 Å². The molecule has 3 aromatic carbocycles. The first-order valence-electron chi connectivity index (χ1n) is 12.4. The molecule has 0 aliphatic carbocycles. The van der Waals surface area contributed by atoms with Crippen LogP contribution in [0, 0.1) is 0 Å². The van der Waals surface area contributed by atoms with Crippen molar-refractivity contribution in [2.45, 2.75) is 30.7 Å². The van der Waals surface area contributed by atoms with Crippen LogP contribution in [0.1, 0.15) is 15.9 Å². The molecule has 0 radical (unpaired) electrons. The highest BCUT2D eigenvalue weighted by Gasteiger charge is 2.45. The van der Waals surface area contributed by atoms with Crippen LogP contribution in [0.2, 0.25) is 5.02 Å². The highest BCUT2D eigenvalue weighted by Crippen LogP contribution is 2.36. The second-order valence-corrected chi connectivity index (χ2v) is 10.1. The highest BCUT2D eigenvalue weighted by atomic mass is 35.5. The van der Waals surface area contributed by atoms with Crippen LogP contribution in [0.25, 0.3) is 16.6 Å². The molecule has 10 heteroatoms. The standard InChI is InChI=1S/C29H29ClN2O7/c1-31(2)18-10-7-16(8-11-18)25(34)20-5-3-4-6-21(20)32-14-23(19-12-9-17(30)13-22(19)32)38-29-28(37)27(36)26(35)24(15-33)39-29/h3-14,24,26-29,33,35-37H,15H2,1-2H3/t24-,26+,27+,28-,29-/m1/s1. The molecule has 1 aliphatic heterocycles. The molecule has 39 heavy (non-hydrogen) atoms. The molecule has 0 amide bonds. The maximum Gasteiger partial charge on any atom is 0.229 e. The Morgan fingerprint density at radius 1 is 1.00 bits per heavy atom. The van der Waals surface area contributed by atoms with Gasteiger partial charge in [0.1, 0.15) is 30.2 Å². The van der Waals surface area contributed by atoms with Crippen molar-refractivity contribution in [2.24, 2.45) is 0 Å². The van der Waals surface area contributed by atoms with Crippen molar-refractivity contribution >= 4 is 34.0 Å². The van der Waals surface area contributed by atoms with Gasteiger partial charge in [-0.15, -0.1) is 0 Å². The lowest BCUT2D eigenvalue weighted by atomic mass is 9.99. The number of para-hydroxylation sites is 1. The highest BCUT2D eigenvalue weighted by molar-refractivity contribution is 6.31. The van der Waals surface area contributed by atoms with Crippen LogP contribution < -0.4 is 9.64 Å². The fourth-order valence-corrected chi connectivity index (χ4v) is 4.86. The van der Waals surface area contributed by atoms with Gasteiger partial charge < -0.3 is 39.4 Å². The number of carbonyl (C=O) groups excluding carboxylic acids is 1. The van der Waals surface area contributed by atoms with Gasteiger partial charge in [-0.2, -0.15) is 0 Å². The number of carbonyl (C=O) groups is 1. The summed E-state index contributed by atoms with van der Waals surface area (Å²) in [5.74, 6) is 0.111. The fourth-order valence-electron chi connectivity index (χ4n) is 4.69. The van der Waals surface area contributed by atoms with Crippen LogP contribution in [-0.4, -0.2) is 82.2 Å². The maximum atomic E-state index is 13.6. The quantitative estimate of drug-likeness (QED) is 0.258. The first-order chi connectivity index (χ1) is 18.7. The number of ether oxygens (including phenoxy) is 2. The van der Waals surface area contributed by atoms with E-state index in [1.807, 2.05) is 37.2 Å². The molecule has 0 saturated carbocycles. The summed E-state index contributed by atoms with van der Waals surface area (Å²) < 4.78 is 13.3. The lowest BCUT2D eigenvalue weighted by molar-refractivity contribution is -0.277. The van der Waals surface area contributed by atoms with E-state index in [0.29, 0.717) is 32.7 Å². The summed E-state index contributed by atoms with van der Waals surface area (Å²) >= 11 is 6.34. The molecule has 5 rings (SSSR count). The van der Waals surface area contributed by atoms with E-state index in [2.05, 4.69) is 0 Å². The summed E-state index contributed by atoms with van der Waals surface area (Å²) in [4.78, 5) is 15.6. The second kappa shape index (κ2) is 11.0. The predicted octanol–water partition coefficient (Wildman–Crippen LogP) is 2.76. The number of hydrogen-bond donors (Lipinski definition) is 4. The van der Waals surface area contributed by atoms with Crippen molar-refractivity contribution in [2.75, 3.05) is 25.6 Å². The fraction of sp³-hybridized carbons (Fsp3) is 0.276. The topological polar surface area (TPSA) is 125 Å². The predicted molar refractivity (Wildman–Crippen MR) is 147 cm³/mol. The molecular formula is C29H29ClN2O7. The summed E-state index contributed by atoms with van der Waals surface area (Å²) in [5, 5.41) is 41.4. The third-order valence-corrected chi connectivity index (χ3v) is 7.11. The lowest BCUT2D eigenvalue weighted by Gasteiger charge is -2.39. The van der Waals surface area contributed by atoms with Crippen molar-refractivity contribution in [1.29, 1.82) is 0 Å². The molecule has 1 saturated heterocycles. The number of rotatable bonds is 7. The molecule has 4 aromatic rings. The van der Waals surface area contributed by atoms with Gasteiger partial charge in [-0.25, -0.2) is 0 Å². The van der Waals surface area contributed by atoms with Crippen LogP contribution >= 0.6 is 11.6 Å². The lowest BCUT2D eigenvalue weighted by Crippen LogP contribution is -2.60. The number of aliphatic hydroxyl groups is 4. The molecule has 1 fully saturated rings. The molecule has 5 atom stereocenters. The van der Waals surface area contributed by atoms with Crippen molar-refractivity contribution in [3.05, 3.63) is 89.1 Å². The van der Waals surface area contributed by atoms with Gasteiger partial charge in [0.05, 0.1) is 24.0 Å². The minimum Gasteiger partial charge on any atom is -0.460 e. The summed E-state index contributed by atoms with van der Waals surface area (Å²) in [6.45, 7) is -0.576. The number of nitrogens with zero attached hydrogens (tertiary/aromatic N) is 2. The summed E-state index contributed by atoms with van der Waals surface area (Å²) in [7, 11) is 3.86. The van der Waals surface area contributed by atoms with E-state index in [1.165, 1.54) is 0 Å². The van der Waals surface area contributed by atoms with E-state index in [1.54, 1.807) is 59.3 Å². The number of aromatic nitrogens is 1. The average Bonchev–Trinajstić information content (AvgIpc) is 3.29. The van der Waals surface area contributed by atoms with Crippen LogP contribution in [0.3, 0.4) is 0 Å². The molecule has 2 heterocycles. The zero-order valence-corrected chi connectivity index (χ0v) is 22.1.